The lowest BCUT2D eigenvalue weighted by atomic mass is 9.74. The van der Waals surface area contributed by atoms with Crippen molar-refractivity contribution in [3.63, 3.8) is 0 Å². The van der Waals surface area contributed by atoms with Crippen LogP contribution in [0.3, 0.4) is 0 Å². The van der Waals surface area contributed by atoms with Crippen LogP contribution in [-0.2, 0) is 4.79 Å². The van der Waals surface area contributed by atoms with Crippen LogP contribution >= 0.6 is 12.4 Å². The summed E-state index contributed by atoms with van der Waals surface area (Å²) in [4.78, 5) is 24.9. The summed E-state index contributed by atoms with van der Waals surface area (Å²) in [6.07, 6.45) is 4.88. The fourth-order valence-electron chi connectivity index (χ4n) is 3.53. The van der Waals surface area contributed by atoms with Gasteiger partial charge in [-0.15, -0.1) is 12.4 Å². The SMILES string of the molecule is Cc1occc1C(=O)Nc1cc(NC(=O)C2CCCCC2(C)N)ccc1F.Cl. The Hall–Kier alpha value is -2.38. The average molecular weight is 410 g/mol. The second-order valence-electron chi connectivity index (χ2n) is 7.33. The zero-order valence-electron chi connectivity index (χ0n) is 15.9. The van der Waals surface area contributed by atoms with Crippen LogP contribution < -0.4 is 16.4 Å². The lowest BCUT2D eigenvalue weighted by Gasteiger charge is -2.37. The molecule has 0 aliphatic heterocycles. The van der Waals surface area contributed by atoms with E-state index in [0.29, 0.717) is 17.0 Å². The maximum atomic E-state index is 14.1. The van der Waals surface area contributed by atoms with Gasteiger partial charge < -0.3 is 20.8 Å². The predicted octanol–water partition coefficient (Wildman–Crippen LogP) is 4.25. The van der Waals surface area contributed by atoms with Crippen LogP contribution in [0.4, 0.5) is 15.8 Å². The minimum Gasteiger partial charge on any atom is -0.469 e. The zero-order valence-corrected chi connectivity index (χ0v) is 16.7. The number of furan rings is 1. The molecule has 152 valence electrons. The number of aryl methyl sites for hydroxylation is 1. The molecule has 28 heavy (non-hydrogen) atoms. The highest BCUT2D eigenvalue weighted by atomic mass is 35.5. The summed E-state index contributed by atoms with van der Waals surface area (Å²) in [6, 6.07) is 5.58. The molecule has 2 unspecified atom stereocenters. The topological polar surface area (TPSA) is 97.4 Å². The standard InChI is InChI=1S/C20H24FN3O3.ClH/c1-12-14(8-10-27-12)18(25)24-17-11-13(6-7-16(17)21)23-19(26)15-5-3-4-9-20(15,2)22;/h6-8,10-11,15H,3-5,9,22H2,1-2H3,(H,23,26)(H,24,25);1H. The van der Waals surface area contributed by atoms with Crippen molar-refractivity contribution in [3.8, 4) is 0 Å². The molecule has 1 fully saturated rings. The van der Waals surface area contributed by atoms with Crippen molar-refractivity contribution in [2.75, 3.05) is 10.6 Å². The summed E-state index contributed by atoms with van der Waals surface area (Å²) in [5.41, 5.74) is 6.43. The molecule has 4 N–H and O–H groups in total. The lowest BCUT2D eigenvalue weighted by molar-refractivity contribution is -0.122. The molecule has 8 heteroatoms. The molecule has 2 aromatic rings. The van der Waals surface area contributed by atoms with Gasteiger partial charge >= 0.3 is 0 Å². The van der Waals surface area contributed by atoms with Crippen LogP contribution in [0.15, 0.2) is 34.9 Å². The first-order valence-electron chi connectivity index (χ1n) is 9.02. The molecular weight excluding hydrogens is 385 g/mol. The molecule has 2 atom stereocenters. The Bertz CT molecular complexity index is 866. The van der Waals surface area contributed by atoms with Gasteiger partial charge in [0.05, 0.1) is 23.4 Å². The smallest absolute Gasteiger partial charge is 0.259 e. The van der Waals surface area contributed by atoms with Crippen LogP contribution in [0, 0.1) is 18.7 Å². The molecule has 0 radical (unpaired) electrons. The molecule has 1 aliphatic carbocycles. The Morgan fingerprint density at radius 3 is 2.64 bits per heavy atom. The Kier molecular flexibility index (Phi) is 6.85. The molecule has 1 aliphatic rings. The summed E-state index contributed by atoms with van der Waals surface area (Å²) in [5.74, 6) is -1.12. The van der Waals surface area contributed by atoms with E-state index in [1.54, 1.807) is 6.92 Å². The molecule has 1 heterocycles. The molecule has 3 rings (SSSR count). The number of carbonyl (C=O) groups is 2. The molecule has 6 nitrogen and oxygen atoms in total. The van der Waals surface area contributed by atoms with Gasteiger partial charge in [-0.1, -0.05) is 12.8 Å². The van der Waals surface area contributed by atoms with Crippen molar-refractivity contribution < 1.29 is 18.4 Å². The molecule has 1 saturated carbocycles. The Labute approximate surface area is 169 Å². The van der Waals surface area contributed by atoms with Crippen molar-refractivity contribution >= 4 is 35.6 Å². The van der Waals surface area contributed by atoms with E-state index < -0.39 is 17.3 Å². The van der Waals surface area contributed by atoms with Crippen LogP contribution in [0.25, 0.3) is 0 Å². The van der Waals surface area contributed by atoms with Gasteiger partial charge in [-0.2, -0.15) is 0 Å². The summed E-state index contributed by atoms with van der Waals surface area (Å²) < 4.78 is 19.2. The van der Waals surface area contributed by atoms with E-state index in [-0.39, 0.29) is 29.9 Å². The van der Waals surface area contributed by atoms with Crippen LogP contribution in [0.5, 0.6) is 0 Å². The van der Waals surface area contributed by atoms with Gasteiger partial charge in [0.2, 0.25) is 5.91 Å². The minimum absolute atomic E-state index is 0. The maximum absolute atomic E-state index is 14.1. The second-order valence-corrected chi connectivity index (χ2v) is 7.33. The van der Waals surface area contributed by atoms with Crippen molar-refractivity contribution in [2.45, 2.75) is 45.1 Å². The number of halogens is 2. The largest absolute Gasteiger partial charge is 0.469 e. The Morgan fingerprint density at radius 2 is 2.00 bits per heavy atom. The molecular formula is C20H25ClFN3O3. The number of benzene rings is 1. The first kappa shape index (κ1) is 21.9. The molecule has 0 spiro atoms. The van der Waals surface area contributed by atoms with Gasteiger partial charge in [-0.05, 0) is 51.0 Å². The van der Waals surface area contributed by atoms with Gasteiger partial charge in [-0.25, -0.2) is 4.39 Å². The first-order valence-corrected chi connectivity index (χ1v) is 9.02. The Morgan fingerprint density at radius 1 is 1.25 bits per heavy atom. The van der Waals surface area contributed by atoms with Gasteiger partial charge in [-0.3, -0.25) is 9.59 Å². The van der Waals surface area contributed by atoms with Crippen molar-refractivity contribution in [3.05, 3.63) is 47.7 Å². The van der Waals surface area contributed by atoms with Crippen LogP contribution in [0.1, 0.15) is 48.7 Å². The highest BCUT2D eigenvalue weighted by molar-refractivity contribution is 6.05. The number of carbonyl (C=O) groups excluding carboxylic acids is 2. The van der Waals surface area contributed by atoms with Gasteiger partial charge in [0, 0.05) is 11.2 Å². The van der Waals surface area contributed by atoms with E-state index in [9.17, 15) is 14.0 Å². The third-order valence-corrected chi connectivity index (χ3v) is 5.16. The highest BCUT2D eigenvalue weighted by Crippen LogP contribution is 2.32. The number of amides is 2. The fraction of sp³-hybridized carbons (Fsp3) is 0.400. The van der Waals surface area contributed by atoms with Gasteiger partial charge in [0.1, 0.15) is 11.6 Å². The summed E-state index contributed by atoms with van der Waals surface area (Å²) >= 11 is 0. The van der Waals surface area contributed by atoms with E-state index in [4.69, 9.17) is 10.2 Å². The van der Waals surface area contributed by atoms with Crippen molar-refractivity contribution in [1.29, 1.82) is 0 Å². The molecule has 0 saturated heterocycles. The number of anilines is 2. The van der Waals surface area contributed by atoms with Gasteiger partial charge in [0.15, 0.2) is 0 Å². The van der Waals surface area contributed by atoms with Crippen molar-refractivity contribution in [2.24, 2.45) is 11.7 Å². The minimum atomic E-state index is -0.594. The highest BCUT2D eigenvalue weighted by Gasteiger charge is 2.37. The van der Waals surface area contributed by atoms with E-state index in [1.807, 2.05) is 6.92 Å². The number of nitrogens with two attached hydrogens (primary N) is 1. The summed E-state index contributed by atoms with van der Waals surface area (Å²) in [5, 5.41) is 5.31. The van der Waals surface area contributed by atoms with Crippen LogP contribution in [-0.4, -0.2) is 17.4 Å². The monoisotopic (exact) mass is 409 g/mol. The molecule has 0 bridgehead atoms. The number of nitrogens with one attached hydrogen (secondary N) is 2. The normalized spacial score (nSPS) is 21.5. The maximum Gasteiger partial charge on any atom is 0.259 e. The number of hydrogen-bond donors (Lipinski definition) is 3. The fourth-order valence-corrected chi connectivity index (χ4v) is 3.53. The molecule has 2 amide bonds. The Balaban J connectivity index is 0.00000280. The first-order chi connectivity index (χ1) is 12.8. The van der Waals surface area contributed by atoms with Crippen molar-refractivity contribution in [1.82, 2.24) is 0 Å². The zero-order chi connectivity index (χ0) is 19.6. The molecule has 1 aromatic heterocycles. The lowest BCUT2D eigenvalue weighted by Crippen LogP contribution is -2.51. The molecule has 1 aromatic carbocycles. The predicted molar refractivity (Wildman–Crippen MR) is 108 cm³/mol. The average Bonchev–Trinajstić information content (AvgIpc) is 3.03. The summed E-state index contributed by atoms with van der Waals surface area (Å²) in [6.45, 7) is 3.54. The third-order valence-electron chi connectivity index (χ3n) is 5.16. The second kappa shape index (κ2) is 8.75. The quantitative estimate of drug-likeness (QED) is 0.703. The summed E-state index contributed by atoms with van der Waals surface area (Å²) in [7, 11) is 0. The van der Waals surface area contributed by atoms with E-state index in [2.05, 4.69) is 10.6 Å². The van der Waals surface area contributed by atoms with E-state index in [0.717, 1.165) is 25.7 Å². The van der Waals surface area contributed by atoms with E-state index in [1.165, 1.54) is 30.5 Å². The third kappa shape index (κ3) is 4.72. The van der Waals surface area contributed by atoms with E-state index >= 15 is 0 Å². The number of hydrogen-bond acceptors (Lipinski definition) is 4. The van der Waals surface area contributed by atoms with Crippen LogP contribution in [0.2, 0.25) is 0 Å². The van der Waals surface area contributed by atoms with Gasteiger partial charge in [0.25, 0.3) is 5.91 Å². The number of rotatable bonds is 4.